The minimum Gasteiger partial charge on any atom is -0.378 e. The molecule has 1 aliphatic heterocycles. The Balaban J connectivity index is 1.86. The predicted molar refractivity (Wildman–Crippen MR) is 116 cm³/mol. The van der Waals surface area contributed by atoms with Crippen molar-refractivity contribution in [2.24, 2.45) is 0 Å². The number of benzene rings is 2. The van der Waals surface area contributed by atoms with Crippen LogP contribution in [0.15, 0.2) is 42.5 Å². The predicted octanol–water partition coefficient (Wildman–Crippen LogP) is 2.12. The SMILES string of the molecule is Cc1ccc(C(=O)Nc2ccccc2C(=O)N2CCOCC2)cc1N(C)S(C)(=O)=O. The number of carbonyl (C=O) groups excluding carboxylic acids is 2. The molecule has 2 aromatic rings. The summed E-state index contributed by atoms with van der Waals surface area (Å²) < 4.78 is 30.2. The molecule has 0 bridgehead atoms. The molecule has 2 amide bonds. The van der Waals surface area contributed by atoms with Gasteiger partial charge in [0.15, 0.2) is 0 Å². The number of nitrogens with one attached hydrogen (secondary N) is 1. The highest BCUT2D eigenvalue weighted by atomic mass is 32.2. The van der Waals surface area contributed by atoms with E-state index in [1.54, 1.807) is 48.2 Å². The van der Waals surface area contributed by atoms with Gasteiger partial charge >= 0.3 is 0 Å². The topological polar surface area (TPSA) is 96.0 Å². The van der Waals surface area contributed by atoms with Crippen molar-refractivity contribution in [1.29, 1.82) is 0 Å². The lowest BCUT2D eigenvalue weighted by molar-refractivity contribution is 0.0303. The molecule has 0 spiro atoms. The molecule has 2 aromatic carbocycles. The summed E-state index contributed by atoms with van der Waals surface area (Å²) in [5.74, 6) is -0.601. The zero-order valence-electron chi connectivity index (χ0n) is 17.2. The van der Waals surface area contributed by atoms with Gasteiger partial charge in [-0.05, 0) is 36.8 Å². The van der Waals surface area contributed by atoms with Crippen molar-refractivity contribution in [3.8, 4) is 0 Å². The Morgan fingerprint density at radius 3 is 2.43 bits per heavy atom. The second-order valence-corrected chi connectivity index (χ2v) is 9.15. The summed E-state index contributed by atoms with van der Waals surface area (Å²) in [6, 6.07) is 11.7. The van der Waals surface area contributed by atoms with Crippen molar-refractivity contribution in [2.45, 2.75) is 6.92 Å². The first-order valence-electron chi connectivity index (χ1n) is 9.50. The Morgan fingerprint density at radius 1 is 1.10 bits per heavy atom. The summed E-state index contributed by atoms with van der Waals surface area (Å²) in [5, 5.41) is 2.79. The molecule has 0 aliphatic carbocycles. The Labute approximate surface area is 176 Å². The van der Waals surface area contributed by atoms with E-state index in [1.165, 1.54) is 13.1 Å². The van der Waals surface area contributed by atoms with Crippen molar-refractivity contribution in [3.05, 3.63) is 59.2 Å². The normalized spacial score (nSPS) is 14.3. The van der Waals surface area contributed by atoms with E-state index in [0.717, 1.165) is 16.1 Å². The number of aryl methyl sites for hydroxylation is 1. The molecule has 1 N–H and O–H groups in total. The van der Waals surface area contributed by atoms with Gasteiger partial charge in [-0.25, -0.2) is 8.42 Å². The van der Waals surface area contributed by atoms with Gasteiger partial charge in [-0.2, -0.15) is 0 Å². The van der Waals surface area contributed by atoms with Crippen LogP contribution in [0.5, 0.6) is 0 Å². The zero-order valence-corrected chi connectivity index (χ0v) is 18.0. The number of morpholine rings is 1. The molecule has 1 aliphatic rings. The van der Waals surface area contributed by atoms with Crippen LogP contribution in [0.25, 0.3) is 0 Å². The largest absolute Gasteiger partial charge is 0.378 e. The Bertz CT molecular complexity index is 1060. The third kappa shape index (κ3) is 4.80. The van der Waals surface area contributed by atoms with E-state index < -0.39 is 15.9 Å². The Hall–Kier alpha value is -2.91. The molecule has 1 fully saturated rings. The Kier molecular flexibility index (Phi) is 6.42. The number of rotatable bonds is 5. The van der Waals surface area contributed by atoms with Crippen LogP contribution in [-0.2, 0) is 14.8 Å². The molecule has 160 valence electrons. The minimum absolute atomic E-state index is 0.171. The van der Waals surface area contributed by atoms with E-state index in [0.29, 0.717) is 48.8 Å². The van der Waals surface area contributed by atoms with Crippen molar-refractivity contribution >= 4 is 33.2 Å². The standard InChI is InChI=1S/C21H25N3O5S/c1-15-8-9-16(14-19(15)23(2)30(3,27)28)20(25)22-18-7-5-4-6-17(18)21(26)24-10-12-29-13-11-24/h4-9,14H,10-13H2,1-3H3,(H,22,25). The van der Waals surface area contributed by atoms with Gasteiger partial charge in [0, 0.05) is 25.7 Å². The summed E-state index contributed by atoms with van der Waals surface area (Å²) in [4.78, 5) is 27.5. The molecule has 0 saturated carbocycles. The summed E-state index contributed by atoms with van der Waals surface area (Å²) in [7, 11) is -2.03. The van der Waals surface area contributed by atoms with E-state index in [-0.39, 0.29) is 5.91 Å². The van der Waals surface area contributed by atoms with E-state index in [4.69, 9.17) is 4.74 Å². The number of carbonyl (C=O) groups is 2. The van der Waals surface area contributed by atoms with Gasteiger partial charge in [0.1, 0.15) is 0 Å². The van der Waals surface area contributed by atoms with Crippen LogP contribution in [0.4, 0.5) is 11.4 Å². The number of para-hydroxylation sites is 1. The molecule has 1 saturated heterocycles. The summed E-state index contributed by atoms with van der Waals surface area (Å²) in [5.41, 5.74) is 2.23. The summed E-state index contributed by atoms with van der Waals surface area (Å²) >= 11 is 0. The van der Waals surface area contributed by atoms with Crippen LogP contribution in [0.2, 0.25) is 0 Å². The summed E-state index contributed by atoms with van der Waals surface area (Å²) in [6.07, 6.45) is 1.10. The molecule has 0 aromatic heterocycles. The highest BCUT2D eigenvalue weighted by molar-refractivity contribution is 7.92. The number of sulfonamides is 1. The number of ether oxygens (including phenoxy) is 1. The minimum atomic E-state index is -3.47. The summed E-state index contributed by atoms with van der Waals surface area (Å²) in [6.45, 7) is 3.75. The van der Waals surface area contributed by atoms with Gasteiger partial charge < -0.3 is 15.0 Å². The number of hydrogen-bond acceptors (Lipinski definition) is 5. The second kappa shape index (κ2) is 8.85. The second-order valence-electron chi connectivity index (χ2n) is 7.14. The van der Waals surface area contributed by atoms with Crippen LogP contribution >= 0.6 is 0 Å². The van der Waals surface area contributed by atoms with Gasteiger partial charge in [0.05, 0.1) is 36.4 Å². The molecule has 9 heteroatoms. The molecular formula is C21H25N3O5S. The lowest BCUT2D eigenvalue weighted by Gasteiger charge is -2.27. The molecule has 0 radical (unpaired) electrons. The molecule has 8 nitrogen and oxygen atoms in total. The number of anilines is 2. The fourth-order valence-electron chi connectivity index (χ4n) is 3.18. The fraction of sp³-hybridized carbons (Fsp3) is 0.333. The molecule has 1 heterocycles. The smallest absolute Gasteiger partial charge is 0.256 e. The van der Waals surface area contributed by atoms with E-state index in [1.807, 2.05) is 0 Å². The maximum atomic E-state index is 12.9. The van der Waals surface area contributed by atoms with E-state index in [2.05, 4.69) is 5.32 Å². The van der Waals surface area contributed by atoms with Crippen LogP contribution < -0.4 is 9.62 Å². The molecule has 3 rings (SSSR count). The third-order valence-electron chi connectivity index (χ3n) is 5.01. The lowest BCUT2D eigenvalue weighted by atomic mass is 10.1. The third-order valence-corrected chi connectivity index (χ3v) is 6.20. The van der Waals surface area contributed by atoms with Crippen molar-refractivity contribution in [1.82, 2.24) is 4.90 Å². The van der Waals surface area contributed by atoms with Crippen LogP contribution in [-0.4, -0.2) is 64.7 Å². The van der Waals surface area contributed by atoms with E-state index >= 15 is 0 Å². The van der Waals surface area contributed by atoms with Gasteiger partial charge in [-0.3, -0.25) is 13.9 Å². The number of hydrogen-bond donors (Lipinski definition) is 1. The average molecular weight is 432 g/mol. The highest BCUT2D eigenvalue weighted by Gasteiger charge is 2.22. The van der Waals surface area contributed by atoms with Crippen molar-refractivity contribution in [2.75, 3.05) is 49.2 Å². The average Bonchev–Trinajstić information content (AvgIpc) is 2.73. The van der Waals surface area contributed by atoms with Crippen molar-refractivity contribution < 1.29 is 22.7 Å². The molecular weight excluding hydrogens is 406 g/mol. The highest BCUT2D eigenvalue weighted by Crippen LogP contribution is 2.24. The monoisotopic (exact) mass is 431 g/mol. The molecule has 0 unspecified atom stereocenters. The molecule has 30 heavy (non-hydrogen) atoms. The quantitative estimate of drug-likeness (QED) is 0.782. The van der Waals surface area contributed by atoms with Gasteiger partial charge in [0.2, 0.25) is 10.0 Å². The first kappa shape index (κ1) is 21.8. The zero-order chi connectivity index (χ0) is 21.9. The van der Waals surface area contributed by atoms with Crippen molar-refractivity contribution in [3.63, 3.8) is 0 Å². The van der Waals surface area contributed by atoms with Crippen LogP contribution in [0.1, 0.15) is 26.3 Å². The van der Waals surface area contributed by atoms with Crippen LogP contribution in [0.3, 0.4) is 0 Å². The first-order chi connectivity index (χ1) is 14.2. The fourth-order valence-corrected chi connectivity index (χ4v) is 3.73. The number of amides is 2. The van der Waals surface area contributed by atoms with Crippen LogP contribution in [0, 0.1) is 6.92 Å². The molecule has 0 atom stereocenters. The van der Waals surface area contributed by atoms with Gasteiger partial charge in [-0.15, -0.1) is 0 Å². The maximum Gasteiger partial charge on any atom is 0.256 e. The van der Waals surface area contributed by atoms with E-state index in [9.17, 15) is 18.0 Å². The first-order valence-corrected chi connectivity index (χ1v) is 11.4. The maximum absolute atomic E-state index is 12.9. The number of nitrogens with zero attached hydrogens (tertiary/aromatic N) is 2. The van der Waals surface area contributed by atoms with Gasteiger partial charge in [0.25, 0.3) is 11.8 Å². The lowest BCUT2D eigenvalue weighted by Crippen LogP contribution is -2.41. The Morgan fingerprint density at radius 2 is 1.77 bits per heavy atom. The van der Waals surface area contributed by atoms with Gasteiger partial charge in [-0.1, -0.05) is 18.2 Å².